The zero-order valence-corrected chi connectivity index (χ0v) is 13.9. The van der Waals surface area contributed by atoms with Crippen molar-refractivity contribution in [3.8, 4) is 11.5 Å². The number of benzene rings is 2. The van der Waals surface area contributed by atoms with Gasteiger partial charge in [-0.2, -0.15) is 0 Å². The van der Waals surface area contributed by atoms with Crippen LogP contribution in [-0.2, 0) is 0 Å². The number of hydrogen-bond acceptors (Lipinski definition) is 6. The molecule has 1 amide bonds. The first-order chi connectivity index (χ1) is 12.1. The van der Waals surface area contributed by atoms with Gasteiger partial charge in [0.25, 0.3) is 11.6 Å². The summed E-state index contributed by atoms with van der Waals surface area (Å²) in [6.45, 7) is 0.790. The molecule has 2 aliphatic rings. The summed E-state index contributed by atoms with van der Waals surface area (Å²) in [5.74, 6) is 1.96. The smallest absolute Gasteiger partial charge is 0.270 e. The molecule has 7 nitrogen and oxygen atoms in total. The summed E-state index contributed by atoms with van der Waals surface area (Å²) < 4.78 is 10.7. The molecule has 0 bridgehead atoms. The molecule has 1 saturated heterocycles. The van der Waals surface area contributed by atoms with E-state index < -0.39 is 4.92 Å². The molecule has 0 aliphatic carbocycles. The van der Waals surface area contributed by atoms with Gasteiger partial charge < -0.3 is 14.4 Å². The predicted molar refractivity (Wildman–Crippen MR) is 91.9 cm³/mol. The molecule has 0 spiro atoms. The van der Waals surface area contributed by atoms with E-state index in [2.05, 4.69) is 0 Å². The van der Waals surface area contributed by atoms with E-state index in [0.29, 0.717) is 23.6 Å². The number of ether oxygens (including phenoxy) is 2. The van der Waals surface area contributed by atoms with Crippen molar-refractivity contribution >= 4 is 23.4 Å². The molecule has 0 radical (unpaired) electrons. The minimum absolute atomic E-state index is 0.0858. The number of rotatable bonds is 3. The molecule has 2 heterocycles. The second kappa shape index (κ2) is 6.29. The summed E-state index contributed by atoms with van der Waals surface area (Å²) in [5, 5.41) is 10.8. The highest BCUT2D eigenvalue weighted by Gasteiger charge is 2.32. The molecule has 128 valence electrons. The zero-order valence-electron chi connectivity index (χ0n) is 13.1. The molecule has 1 fully saturated rings. The Morgan fingerprint density at radius 1 is 1.20 bits per heavy atom. The monoisotopic (exact) mass is 358 g/mol. The molecule has 0 aromatic heterocycles. The van der Waals surface area contributed by atoms with Crippen LogP contribution < -0.4 is 9.47 Å². The van der Waals surface area contributed by atoms with E-state index in [9.17, 15) is 14.9 Å². The molecule has 4 rings (SSSR count). The molecule has 8 heteroatoms. The Balaban J connectivity index is 1.62. The number of fused-ring (bicyclic) bond motifs is 1. The van der Waals surface area contributed by atoms with Gasteiger partial charge in [-0.3, -0.25) is 14.9 Å². The fraction of sp³-hybridized carbons (Fsp3) is 0.235. The van der Waals surface area contributed by atoms with Crippen LogP contribution in [0.15, 0.2) is 42.5 Å². The first-order valence-corrected chi connectivity index (χ1v) is 8.75. The quantitative estimate of drug-likeness (QED) is 0.619. The SMILES string of the molecule is O=C(c1cccc([N+](=O)[O-])c1)N1CCS[C@H]1c1ccc2c(c1)OCO2. The molecule has 0 N–H and O–H groups in total. The second-order valence-electron chi connectivity index (χ2n) is 5.64. The highest BCUT2D eigenvalue weighted by Crippen LogP contribution is 2.42. The van der Waals surface area contributed by atoms with Gasteiger partial charge in [0.1, 0.15) is 5.37 Å². The van der Waals surface area contributed by atoms with E-state index >= 15 is 0 Å². The van der Waals surface area contributed by atoms with Crippen LogP contribution in [0.5, 0.6) is 11.5 Å². The lowest BCUT2D eigenvalue weighted by molar-refractivity contribution is -0.384. The number of nitro groups is 1. The molecule has 25 heavy (non-hydrogen) atoms. The third-order valence-corrected chi connectivity index (χ3v) is 5.40. The van der Waals surface area contributed by atoms with Crippen molar-refractivity contribution in [1.82, 2.24) is 4.90 Å². The first kappa shape index (κ1) is 15.8. The molecule has 0 unspecified atom stereocenters. The second-order valence-corrected chi connectivity index (χ2v) is 6.83. The van der Waals surface area contributed by atoms with Crippen molar-refractivity contribution < 1.29 is 19.2 Å². The molecular weight excluding hydrogens is 344 g/mol. The van der Waals surface area contributed by atoms with Crippen molar-refractivity contribution in [1.29, 1.82) is 0 Å². The van der Waals surface area contributed by atoms with Gasteiger partial charge in [-0.05, 0) is 23.8 Å². The van der Waals surface area contributed by atoms with Crippen molar-refractivity contribution in [3.05, 3.63) is 63.7 Å². The fourth-order valence-corrected chi connectivity index (χ4v) is 4.18. The van der Waals surface area contributed by atoms with Crippen LogP contribution in [0, 0.1) is 10.1 Å². The Morgan fingerprint density at radius 3 is 2.88 bits per heavy atom. The molecule has 2 aliphatic heterocycles. The molecule has 2 aromatic rings. The maximum atomic E-state index is 12.9. The fourth-order valence-electron chi connectivity index (χ4n) is 2.94. The van der Waals surface area contributed by atoms with Crippen LogP contribution in [0.2, 0.25) is 0 Å². The van der Waals surface area contributed by atoms with Gasteiger partial charge in [0, 0.05) is 30.0 Å². The summed E-state index contributed by atoms with van der Waals surface area (Å²) in [5.41, 5.74) is 1.19. The van der Waals surface area contributed by atoms with Crippen LogP contribution in [0.4, 0.5) is 5.69 Å². The number of thioether (sulfide) groups is 1. The third kappa shape index (κ3) is 2.89. The zero-order chi connectivity index (χ0) is 17.4. The Bertz CT molecular complexity index is 857. The average Bonchev–Trinajstić information content (AvgIpc) is 3.29. The highest BCUT2D eigenvalue weighted by molar-refractivity contribution is 7.99. The number of non-ortho nitro benzene ring substituents is 1. The van der Waals surface area contributed by atoms with Gasteiger partial charge in [-0.25, -0.2) is 0 Å². The van der Waals surface area contributed by atoms with Gasteiger partial charge in [-0.15, -0.1) is 11.8 Å². The van der Waals surface area contributed by atoms with Gasteiger partial charge >= 0.3 is 0 Å². The van der Waals surface area contributed by atoms with E-state index in [1.165, 1.54) is 18.2 Å². The summed E-state index contributed by atoms with van der Waals surface area (Å²) >= 11 is 1.66. The summed E-state index contributed by atoms with van der Waals surface area (Å²) in [4.78, 5) is 25.1. The van der Waals surface area contributed by atoms with Crippen LogP contribution in [-0.4, -0.2) is 34.8 Å². The van der Waals surface area contributed by atoms with E-state index in [1.807, 2.05) is 18.2 Å². The van der Waals surface area contributed by atoms with E-state index in [0.717, 1.165) is 11.3 Å². The van der Waals surface area contributed by atoms with Crippen LogP contribution in [0.25, 0.3) is 0 Å². The summed E-state index contributed by atoms with van der Waals surface area (Å²) in [6.07, 6.45) is 0. The lowest BCUT2D eigenvalue weighted by atomic mass is 10.1. The summed E-state index contributed by atoms with van der Waals surface area (Å²) in [6, 6.07) is 11.5. The van der Waals surface area contributed by atoms with E-state index in [1.54, 1.807) is 22.7 Å². The van der Waals surface area contributed by atoms with E-state index in [4.69, 9.17) is 9.47 Å². The standard InChI is InChI=1S/C17H14N2O5S/c20-16(11-2-1-3-13(8-11)19(21)22)18-6-7-25-17(18)12-4-5-14-15(9-12)24-10-23-14/h1-5,8-9,17H,6-7,10H2/t17-/m0/s1. The number of amides is 1. The minimum atomic E-state index is -0.495. The van der Waals surface area contributed by atoms with Crippen molar-refractivity contribution in [2.75, 3.05) is 19.1 Å². The van der Waals surface area contributed by atoms with Crippen LogP contribution in [0.3, 0.4) is 0 Å². The Morgan fingerprint density at radius 2 is 2.04 bits per heavy atom. The van der Waals surface area contributed by atoms with Gasteiger partial charge in [-0.1, -0.05) is 12.1 Å². The first-order valence-electron chi connectivity index (χ1n) is 7.70. The molecule has 2 aromatic carbocycles. The Hall–Kier alpha value is -2.74. The predicted octanol–water partition coefficient (Wildman–Crippen LogP) is 3.21. The lowest BCUT2D eigenvalue weighted by Gasteiger charge is -2.24. The maximum Gasteiger partial charge on any atom is 0.270 e. The number of nitrogens with zero attached hydrogens (tertiary/aromatic N) is 2. The number of hydrogen-bond donors (Lipinski definition) is 0. The topological polar surface area (TPSA) is 81.9 Å². The van der Waals surface area contributed by atoms with Gasteiger partial charge in [0.2, 0.25) is 6.79 Å². The highest BCUT2D eigenvalue weighted by atomic mass is 32.2. The normalized spacial score (nSPS) is 18.4. The van der Waals surface area contributed by atoms with Crippen molar-refractivity contribution in [2.24, 2.45) is 0 Å². The lowest BCUT2D eigenvalue weighted by Crippen LogP contribution is -2.30. The number of carbonyl (C=O) groups is 1. The summed E-state index contributed by atoms with van der Waals surface area (Å²) in [7, 11) is 0. The number of nitro benzene ring substituents is 1. The molecule has 1 atom stereocenters. The largest absolute Gasteiger partial charge is 0.454 e. The van der Waals surface area contributed by atoms with E-state index in [-0.39, 0.29) is 23.8 Å². The number of carbonyl (C=O) groups excluding carboxylic acids is 1. The van der Waals surface area contributed by atoms with Crippen molar-refractivity contribution in [2.45, 2.75) is 5.37 Å². The van der Waals surface area contributed by atoms with Crippen LogP contribution in [0.1, 0.15) is 21.3 Å². The third-order valence-electron chi connectivity index (χ3n) is 4.14. The maximum absolute atomic E-state index is 12.9. The molecule has 0 saturated carbocycles. The van der Waals surface area contributed by atoms with Crippen molar-refractivity contribution in [3.63, 3.8) is 0 Å². The molecular formula is C17H14N2O5S. The Labute approximate surface area is 147 Å². The Kier molecular flexibility index (Phi) is 3.96. The van der Waals surface area contributed by atoms with Gasteiger partial charge in [0.05, 0.1) is 4.92 Å². The van der Waals surface area contributed by atoms with Crippen LogP contribution >= 0.6 is 11.8 Å². The minimum Gasteiger partial charge on any atom is -0.454 e. The van der Waals surface area contributed by atoms with Gasteiger partial charge in [0.15, 0.2) is 11.5 Å². The average molecular weight is 358 g/mol.